The monoisotopic (exact) mass is 334 g/mol. The second-order valence-corrected chi connectivity index (χ2v) is 5.31. The number of halogens is 3. The fourth-order valence-corrected chi connectivity index (χ4v) is 2.55. The van der Waals surface area contributed by atoms with E-state index in [0.29, 0.717) is 12.1 Å². The number of ether oxygens (including phenoxy) is 1. The second kappa shape index (κ2) is 8.90. The normalized spacial score (nSPS) is 21.1. The van der Waals surface area contributed by atoms with Crippen LogP contribution in [0.2, 0.25) is 0 Å². The molecule has 124 valence electrons. The number of carbonyl (C=O) groups excluding carboxylic acids is 1. The average molecular weight is 335 g/mol. The van der Waals surface area contributed by atoms with Crippen molar-refractivity contribution in [3.8, 4) is 5.75 Å². The third-order valence-corrected chi connectivity index (χ3v) is 3.60. The summed E-state index contributed by atoms with van der Waals surface area (Å²) in [6.07, 6.45) is 0.789. The number of rotatable bonds is 5. The van der Waals surface area contributed by atoms with Gasteiger partial charge in [0.05, 0.1) is 5.69 Å². The maximum atomic E-state index is 12.2. The average Bonchev–Trinajstić information content (AvgIpc) is 2.46. The zero-order valence-electron chi connectivity index (χ0n) is 12.1. The number of alkyl halides is 2. The summed E-state index contributed by atoms with van der Waals surface area (Å²) in [6, 6.07) is 6.65. The Hall–Kier alpha value is -1.40. The standard InChI is InChI=1S/C15H20F2N2O2.ClH/c16-14(17)9-21-13-7-2-1-6-12(13)19-15(20)10-4-3-5-11(18)8-10;/h1-2,6-7,10-11,14H,3-5,8-9,18H2,(H,19,20);1H. The van der Waals surface area contributed by atoms with Gasteiger partial charge in [-0.2, -0.15) is 0 Å². The lowest BCUT2D eigenvalue weighted by Crippen LogP contribution is -2.34. The van der Waals surface area contributed by atoms with Crippen molar-refractivity contribution in [3.05, 3.63) is 24.3 Å². The Bertz CT molecular complexity index is 488. The summed E-state index contributed by atoms with van der Waals surface area (Å²) in [5.74, 6) is 0.00131. The van der Waals surface area contributed by atoms with E-state index in [-0.39, 0.29) is 36.0 Å². The maximum absolute atomic E-state index is 12.2. The van der Waals surface area contributed by atoms with Crippen molar-refractivity contribution in [1.29, 1.82) is 0 Å². The van der Waals surface area contributed by atoms with Crippen molar-refractivity contribution in [3.63, 3.8) is 0 Å². The summed E-state index contributed by atoms with van der Waals surface area (Å²) < 4.78 is 29.5. The smallest absolute Gasteiger partial charge is 0.272 e. The van der Waals surface area contributed by atoms with Crippen molar-refractivity contribution in [2.45, 2.75) is 38.2 Å². The van der Waals surface area contributed by atoms with Gasteiger partial charge in [0.15, 0.2) is 0 Å². The number of nitrogens with two attached hydrogens (primary N) is 1. The summed E-state index contributed by atoms with van der Waals surface area (Å²) in [5, 5.41) is 2.76. The van der Waals surface area contributed by atoms with Gasteiger partial charge in [-0.15, -0.1) is 12.4 Å². The Morgan fingerprint density at radius 2 is 2.09 bits per heavy atom. The third kappa shape index (κ3) is 5.42. The number of nitrogens with one attached hydrogen (secondary N) is 1. The number of amides is 1. The lowest BCUT2D eigenvalue weighted by atomic mass is 9.85. The highest BCUT2D eigenvalue weighted by Gasteiger charge is 2.25. The number of para-hydroxylation sites is 2. The highest BCUT2D eigenvalue weighted by molar-refractivity contribution is 5.94. The lowest BCUT2D eigenvalue weighted by molar-refractivity contribution is -0.120. The third-order valence-electron chi connectivity index (χ3n) is 3.60. The van der Waals surface area contributed by atoms with E-state index < -0.39 is 13.0 Å². The molecule has 2 unspecified atom stereocenters. The molecule has 2 atom stereocenters. The van der Waals surface area contributed by atoms with Crippen molar-refractivity contribution >= 4 is 24.0 Å². The molecule has 1 aliphatic carbocycles. The van der Waals surface area contributed by atoms with E-state index in [1.54, 1.807) is 24.3 Å². The van der Waals surface area contributed by atoms with E-state index in [1.807, 2.05) is 0 Å². The van der Waals surface area contributed by atoms with Gasteiger partial charge in [0.25, 0.3) is 6.43 Å². The summed E-state index contributed by atoms with van der Waals surface area (Å²) in [4.78, 5) is 12.2. The van der Waals surface area contributed by atoms with E-state index in [2.05, 4.69) is 5.32 Å². The van der Waals surface area contributed by atoms with Gasteiger partial charge in [0.2, 0.25) is 5.91 Å². The van der Waals surface area contributed by atoms with Gasteiger partial charge in [0.1, 0.15) is 12.4 Å². The Morgan fingerprint density at radius 3 is 2.77 bits per heavy atom. The van der Waals surface area contributed by atoms with Crippen molar-refractivity contribution in [1.82, 2.24) is 0 Å². The van der Waals surface area contributed by atoms with Gasteiger partial charge >= 0.3 is 0 Å². The SMILES string of the molecule is Cl.NC1CCCC(C(=O)Nc2ccccc2OCC(F)F)C1. The Kier molecular flexibility index (Phi) is 7.55. The van der Waals surface area contributed by atoms with Crippen LogP contribution in [0.5, 0.6) is 5.75 Å². The molecule has 1 aromatic rings. The largest absolute Gasteiger partial charge is 0.485 e. The van der Waals surface area contributed by atoms with Crippen LogP contribution in [-0.2, 0) is 4.79 Å². The molecule has 1 aliphatic rings. The first-order chi connectivity index (χ1) is 10.1. The first kappa shape index (κ1) is 18.6. The molecule has 7 heteroatoms. The zero-order chi connectivity index (χ0) is 15.2. The number of anilines is 1. The molecule has 2 rings (SSSR count). The second-order valence-electron chi connectivity index (χ2n) is 5.31. The summed E-state index contributed by atoms with van der Waals surface area (Å²) >= 11 is 0. The number of carbonyl (C=O) groups is 1. The van der Waals surface area contributed by atoms with Crippen LogP contribution >= 0.6 is 12.4 Å². The molecule has 0 aliphatic heterocycles. The van der Waals surface area contributed by atoms with Gasteiger partial charge in [-0.3, -0.25) is 4.79 Å². The van der Waals surface area contributed by atoms with Gasteiger partial charge in [-0.05, 0) is 31.4 Å². The molecular weight excluding hydrogens is 314 g/mol. The minimum atomic E-state index is -2.55. The van der Waals surface area contributed by atoms with Gasteiger partial charge in [-0.25, -0.2) is 8.78 Å². The van der Waals surface area contributed by atoms with E-state index in [4.69, 9.17) is 10.5 Å². The predicted octanol–water partition coefficient (Wildman–Crippen LogP) is 3.21. The van der Waals surface area contributed by atoms with Crippen LogP contribution in [0.4, 0.5) is 14.5 Å². The molecule has 0 radical (unpaired) electrons. The van der Waals surface area contributed by atoms with Gasteiger partial charge < -0.3 is 15.8 Å². The van der Waals surface area contributed by atoms with Crippen LogP contribution in [-0.4, -0.2) is 25.0 Å². The zero-order valence-corrected chi connectivity index (χ0v) is 13.0. The Balaban J connectivity index is 0.00000242. The van der Waals surface area contributed by atoms with E-state index in [1.165, 1.54) is 0 Å². The Morgan fingerprint density at radius 1 is 1.36 bits per heavy atom. The maximum Gasteiger partial charge on any atom is 0.272 e. The first-order valence-electron chi connectivity index (χ1n) is 7.12. The molecule has 22 heavy (non-hydrogen) atoms. The quantitative estimate of drug-likeness (QED) is 0.869. The molecule has 3 N–H and O–H groups in total. The molecule has 1 amide bonds. The van der Waals surface area contributed by atoms with Crippen molar-refractivity contribution in [2.24, 2.45) is 11.7 Å². The van der Waals surface area contributed by atoms with Crippen molar-refractivity contribution in [2.75, 3.05) is 11.9 Å². The van der Waals surface area contributed by atoms with Crippen LogP contribution in [0.15, 0.2) is 24.3 Å². The fraction of sp³-hybridized carbons (Fsp3) is 0.533. The van der Waals surface area contributed by atoms with Crippen LogP contribution in [0, 0.1) is 5.92 Å². The minimum absolute atomic E-state index is 0. The van der Waals surface area contributed by atoms with Crippen LogP contribution in [0.3, 0.4) is 0 Å². The summed E-state index contributed by atoms with van der Waals surface area (Å²) in [6.45, 7) is -0.693. The number of hydrogen-bond donors (Lipinski definition) is 2. The summed E-state index contributed by atoms with van der Waals surface area (Å²) in [7, 11) is 0. The molecule has 0 spiro atoms. The van der Waals surface area contributed by atoms with E-state index in [9.17, 15) is 13.6 Å². The van der Waals surface area contributed by atoms with Gasteiger partial charge in [0, 0.05) is 12.0 Å². The molecular formula is C15H21ClF2N2O2. The van der Waals surface area contributed by atoms with Crippen LogP contribution in [0.25, 0.3) is 0 Å². The van der Waals surface area contributed by atoms with E-state index in [0.717, 1.165) is 19.3 Å². The summed E-state index contributed by atoms with van der Waals surface area (Å²) in [5.41, 5.74) is 6.30. The Labute approximate surface area is 134 Å². The predicted molar refractivity (Wildman–Crippen MR) is 83.8 cm³/mol. The number of hydrogen-bond acceptors (Lipinski definition) is 3. The molecule has 1 saturated carbocycles. The van der Waals surface area contributed by atoms with E-state index >= 15 is 0 Å². The molecule has 1 fully saturated rings. The van der Waals surface area contributed by atoms with Crippen LogP contribution < -0.4 is 15.8 Å². The first-order valence-corrected chi connectivity index (χ1v) is 7.12. The highest BCUT2D eigenvalue weighted by Crippen LogP contribution is 2.28. The molecule has 0 bridgehead atoms. The molecule has 0 heterocycles. The number of benzene rings is 1. The lowest BCUT2D eigenvalue weighted by Gasteiger charge is -2.26. The molecule has 0 saturated heterocycles. The highest BCUT2D eigenvalue weighted by atomic mass is 35.5. The molecule has 1 aromatic carbocycles. The van der Waals surface area contributed by atoms with Crippen LogP contribution in [0.1, 0.15) is 25.7 Å². The molecule has 0 aromatic heterocycles. The van der Waals surface area contributed by atoms with Crippen molar-refractivity contribution < 1.29 is 18.3 Å². The topological polar surface area (TPSA) is 64.4 Å². The van der Waals surface area contributed by atoms with Gasteiger partial charge in [-0.1, -0.05) is 18.6 Å². The fourth-order valence-electron chi connectivity index (χ4n) is 2.55. The minimum Gasteiger partial charge on any atom is -0.485 e. The molecule has 4 nitrogen and oxygen atoms in total.